The van der Waals surface area contributed by atoms with E-state index in [4.69, 9.17) is 5.21 Å². The fourth-order valence-corrected chi connectivity index (χ4v) is 1.24. The molecule has 0 aliphatic heterocycles. The molecule has 0 fully saturated rings. The van der Waals surface area contributed by atoms with Crippen LogP contribution in [0.5, 0.6) is 0 Å². The van der Waals surface area contributed by atoms with Gasteiger partial charge in [0.25, 0.3) is 5.91 Å². The molecule has 7 heteroatoms. The zero-order valence-corrected chi connectivity index (χ0v) is 10.8. The Morgan fingerprint density at radius 1 is 1.10 bits per heavy atom. The van der Waals surface area contributed by atoms with E-state index in [-0.39, 0.29) is 6.54 Å². The molecule has 0 spiro atoms. The van der Waals surface area contributed by atoms with E-state index >= 15 is 0 Å². The normalized spacial score (nSPS) is 10.1. The lowest BCUT2D eigenvalue weighted by Gasteiger charge is -2.02. The standard InChI is InChI=1S/C13H15N3O4/c1-9-2-4-10(5-3-9)15-12(18)7-6-11(17)14-8-13(19)16-20/h2-7,20H,8H2,1H3,(H,14,17)(H,15,18)(H,16,19)/b7-6+. The molecule has 0 aliphatic carbocycles. The van der Waals surface area contributed by atoms with E-state index in [1.165, 1.54) is 5.48 Å². The lowest BCUT2D eigenvalue weighted by molar-refractivity contribution is -0.130. The van der Waals surface area contributed by atoms with Crippen LogP contribution in [-0.2, 0) is 14.4 Å². The maximum atomic E-state index is 11.5. The summed E-state index contributed by atoms with van der Waals surface area (Å²) in [6.45, 7) is 1.55. The predicted molar refractivity (Wildman–Crippen MR) is 71.9 cm³/mol. The molecule has 0 aromatic heterocycles. The monoisotopic (exact) mass is 277 g/mol. The predicted octanol–water partition coefficient (Wildman–Crippen LogP) is 0.111. The number of carbonyl (C=O) groups excluding carboxylic acids is 3. The number of hydroxylamine groups is 1. The second-order valence-corrected chi connectivity index (χ2v) is 3.94. The summed E-state index contributed by atoms with van der Waals surface area (Å²) >= 11 is 0. The first-order valence-corrected chi connectivity index (χ1v) is 5.78. The third-order valence-electron chi connectivity index (χ3n) is 2.25. The molecule has 0 unspecified atom stereocenters. The third kappa shape index (κ3) is 5.78. The molecule has 7 nitrogen and oxygen atoms in total. The number of hydrogen-bond acceptors (Lipinski definition) is 4. The summed E-state index contributed by atoms with van der Waals surface area (Å²) in [5, 5.41) is 13.0. The van der Waals surface area contributed by atoms with Gasteiger partial charge >= 0.3 is 0 Å². The average Bonchev–Trinajstić information content (AvgIpc) is 2.45. The first kappa shape index (κ1) is 15.4. The van der Waals surface area contributed by atoms with Crippen LogP contribution in [0.2, 0.25) is 0 Å². The summed E-state index contributed by atoms with van der Waals surface area (Å²) in [6.07, 6.45) is 2.04. The van der Waals surface area contributed by atoms with Crippen molar-refractivity contribution in [1.29, 1.82) is 0 Å². The summed E-state index contributed by atoms with van der Waals surface area (Å²) in [4.78, 5) is 33.4. The van der Waals surface area contributed by atoms with Crippen LogP contribution in [0.1, 0.15) is 5.56 Å². The average molecular weight is 277 g/mol. The van der Waals surface area contributed by atoms with Crippen LogP contribution >= 0.6 is 0 Å². The van der Waals surface area contributed by atoms with Crippen molar-refractivity contribution in [3.05, 3.63) is 42.0 Å². The fraction of sp³-hybridized carbons (Fsp3) is 0.154. The largest absolute Gasteiger partial charge is 0.343 e. The number of amides is 3. The highest BCUT2D eigenvalue weighted by Gasteiger charge is 2.02. The van der Waals surface area contributed by atoms with Crippen molar-refractivity contribution in [3.8, 4) is 0 Å². The minimum absolute atomic E-state index is 0.376. The van der Waals surface area contributed by atoms with Gasteiger partial charge in [-0.3, -0.25) is 19.6 Å². The Kier molecular flexibility index (Phi) is 5.92. The first-order chi connectivity index (χ1) is 9.51. The Balaban J connectivity index is 2.41. The zero-order valence-electron chi connectivity index (χ0n) is 10.8. The van der Waals surface area contributed by atoms with Crippen molar-refractivity contribution in [1.82, 2.24) is 10.8 Å². The van der Waals surface area contributed by atoms with Crippen molar-refractivity contribution < 1.29 is 19.6 Å². The molecule has 4 N–H and O–H groups in total. The number of benzene rings is 1. The van der Waals surface area contributed by atoms with E-state index in [9.17, 15) is 14.4 Å². The first-order valence-electron chi connectivity index (χ1n) is 5.78. The van der Waals surface area contributed by atoms with E-state index in [2.05, 4.69) is 10.6 Å². The lowest BCUT2D eigenvalue weighted by Crippen LogP contribution is -2.34. The van der Waals surface area contributed by atoms with Crippen molar-refractivity contribution in [3.63, 3.8) is 0 Å². The Morgan fingerprint density at radius 2 is 1.70 bits per heavy atom. The van der Waals surface area contributed by atoms with Crippen LogP contribution < -0.4 is 16.1 Å². The second kappa shape index (κ2) is 7.70. The van der Waals surface area contributed by atoms with Gasteiger partial charge in [-0.25, -0.2) is 5.48 Å². The SMILES string of the molecule is Cc1ccc(NC(=O)/C=C/C(=O)NCC(=O)NO)cc1. The van der Waals surface area contributed by atoms with Crippen LogP contribution in [0.4, 0.5) is 5.69 Å². The number of nitrogens with one attached hydrogen (secondary N) is 3. The number of hydrogen-bond donors (Lipinski definition) is 4. The molecule has 0 radical (unpaired) electrons. The molecule has 0 aliphatic rings. The number of rotatable bonds is 5. The van der Waals surface area contributed by atoms with Crippen LogP contribution in [-0.4, -0.2) is 29.5 Å². The maximum Gasteiger partial charge on any atom is 0.262 e. The second-order valence-electron chi connectivity index (χ2n) is 3.94. The van der Waals surface area contributed by atoms with Gasteiger partial charge in [-0.15, -0.1) is 0 Å². The van der Waals surface area contributed by atoms with E-state index in [0.717, 1.165) is 17.7 Å². The van der Waals surface area contributed by atoms with Gasteiger partial charge in [-0.2, -0.15) is 0 Å². The quantitative estimate of drug-likeness (QED) is 0.348. The molecular weight excluding hydrogens is 262 g/mol. The van der Waals surface area contributed by atoms with Gasteiger partial charge in [0, 0.05) is 17.8 Å². The van der Waals surface area contributed by atoms with E-state index in [1.807, 2.05) is 19.1 Å². The van der Waals surface area contributed by atoms with Gasteiger partial charge in [0.15, 0.2) is 0 Å². The molecular formula is C13H15N3O4. The minimum Gasteiger partial charge on any atom is -0.343 e. The summed E-state index contributed by atoms with van der Waals surface area (Å²) in [6, 6.07) is 7.18. The topological polar surface area (TPSA) is 108 Å². The van der Waals surface area contributed by atoms with Crippen molar-refractivity contribution >= 4 is 23.4 Å². The molecule has 3 amide bonds. The highest BCUT2D eigenvalue weighted by Crippen LogP contribution is 2.08. The molecule has 1 aromatic carbocycles. The van der Waals surface area contributed by atoms with Crippen molar-refractivity contribution in [2.75, 3.05) is 11.9 Å². The van der Waals surface area contributed by atoms with Gasteiger partial charge in [0.05, 0.1) is 6.54 Å². The van der Waals surface area contributed by atoms with Crippen molar-refractivity contribution in [2.24, 2.45) is 0 Å². The Labute approximate surface area is 115 Å². The maximum absolute atomic E-state index is 11.5. The van der Waals surface area contributed by atoms with Gasteiger partial charge in [-0.1, -0.05) is 17.7 Å². The van der Waals surface area contributed by atoms with Gasteiger partial charge in [0.2, 0.25) is 11.8 Å². The minimum atomic E-state index is -0.754. The number of aryl methyl sites for hydroxylation is 1. The van der Waals surface area contributed by atoms with E-state index in [0.29, 0.717) is 5.69 Å². The summed E-state index contributed by atoms with van der Waals surface area (Å²) in [7, 11) is 0. The summed E-state index contributed by atoms with van der Waals surface area (Å²) in [5.41, 5.74) is 3.05. The molecule has 0 saturated heterocycles. The lowest BCUT2D eigenvalue weighted by atomic mass is 10.2. The fourth-order valence-electron chi connectivity index (χ4n) is 1.24. The van der Waals surface area contributed by atoms with Crippen molar-refractivity contribution in [2.45, 2.75) is 6.92 Å². The van der Waals surface area contributed by atoms with E-state index in [1.54, 1.807) is 12.1 Å². The van der Waals surface area contributed by atoms with Gasteiger partial charge in [-0.05, 0) is 19.1 Å². The van der Waals surface area contributed by atoms with Crippen LogP contribution in [0.25, 0.3) is 0 Å². The molecule has 0 atom stereocenters. The summed E-state index contributed by atoms with van der Waals surface area (Å²) in [5.74, 6) is -1.83. The van der Waals surface area contributed by atoms with Crippen LogP contribution in [0, 0.1) is 6.92 Å². The Hall–Kier alpha value is -2.67. The smallest absolute Gasteiger partial charge is 0.262 e. The molecule has 1 aromatic rings. The van der Waals surface area contributed by atoms with Gasteiger partial charge in [0.1, 0.15) is 0 Å². The molecule has 20 heavy (non-hydrogen) atoms. The Bertz CT molecular complexity index is 523. The molecule has 0 saturated carbocycles. The molecule has 106 valence electrons. The van der Waals surface area contributed by atoms with Gasteiger partial charge < -0.3 is 10.6 Å². The highest BCUT2D eigenvalue weighted by molar-refractivity contribution is 6.03. The third-order valence-corrected chi connectivity index (χ3v) is 2.25. The van der Waals surface area contributed by atoms with Crippen LogP contribution in [0.3, 0.4) is 0 Å². The van der Waals surface area contributed by atoms with E-state index < -0.39 is 17.7 Å². The number of carbonyl (C=O) groups is 3. The molecule has 0 bridgehead atoms. The van der Waals surface area contributed by atoms with Crippen LogP contribution in [0.15, 0.2) is 36.4 Å². The number of anilines is 1. The summed E-state index contributed by atoms with van der Waals surface area (Å²) < 4.78 is 0. The molecule has 1 rings (SSSR count). The highest BCUT2D eigenvalue weighted by atomic mass is 16.5. The Morgan fingerprint density at radius 3 is 2.30 bits per heavy atom. The molecule has 0 heterocycles. The zero-order chi connectivity index (χ0) is 15.0.